The van der Waals surface area contributed by atoms with E-state index >= 15 is 0 Å². The Kier molecular flexibility index (Phi) is 7.65. The number of amides is 1. The van der Waals surface area contributed by atoms with Gasteiger partial charge in [0, 0.05) is 24.7 Å². The molecule has 1 aliphatic heterocycles. The lowest BCUT2D eigenvalue weighted by Gasteiger charge is -2.25. The van der Waals surface area contributed by atoms with Crippen LogP contribution in [0.15, 0.2) is 18.2 Å². The monoisotopic (exact) mass is 342 g/mol. The minimum Gasteiger partial charge on any atom is -0.493 e. The van der Waals surface area contributed by atoms with Gasteiger partial charge in [-0.1, -0.05) is 0 Å². The fourth-order valence-electron chi connectivity index (χ4n) is 2.87. The lowest BCUT2D eigenvalue weighted by molar-refractivity contribution is 0.0736. The number of halogens is 1. The number of benzene rings is 1. The Morgan fingerprint density at radius 2 is 2.13 bits per heavy atom. The number of nitrogens with one attached hydrogen (secondary N) is 1. The first-order chi connectivity index (χ1) is 10.6. The van der Waals surface area contributed by atoms with Gasteiger partial charge in [-0.25, -0.2) is 0 Å². The molecule has 23 heavy (non-hydrogen) atoms. The van der Waals surface area contributed by atoms with E-state index in [-0.39, 0.29) is 30.5 Å². The van der Waals surface area contributed by atoms with E-state index in [1.54, 1.807) is 13.2 Å². The summed E-state index contributed by atoms with van der Waals surface area (Å²) in [5, 5.41) is 3.16. The second-order valence-corrected chi connectivity index (χ2v) is 5.88. The Hall–Kier alpha value is -1.46. The summed E-state index contributed by atoms with van der Waals surface area (Å²) in [4.78, 5) is 14.7. The highest BCUT2D eigenvalue weighted by atomic mass is 35.5. The van der Waals surface area contributed by atoms with E-state index in [0.717, 1.165) is 25.9 Å². The average Bonchev–Trinajstić information content (AvgIpc) is 2.95. The summed E-state index contributed by atoms with van der Waals surface area (Å²) in [7, 11) is 3.51. The van der Waals surface area contributed by atoms with Crippen LogP contribution in [0.4, 0.5) is 0 Å². The summed E-state index contributed by atoms with van der Waals surface area (Å²) in [6, 6.07) is 5.68. The molecular weight excluding hydrogens is 316 g/mol. The van der Waals surface area contributed by atoms with Crippen molar-refractivity contribution in [3.63, 3.8) is 0 Å². The molecule has 0 spiro atoms. The fourth-order valence-corrected chi connectivity index (χ4v) is 2.87. The molecule has 1 atom stereocenters. The largest absolute Gasteiger partial charge is 0.493 e. The summed E-state index contributed by atoms with van der Waals surface area (Å²) in [6.45, 7) is 5.57. The second kappa shape index (κ2) is 8.99. The molecule has 130 valence electrons. The van der Waals surface area contributed by atoms with E-state index in [2.05, 4.69) is 5.32 Å². The summed E-state index contributed by atoms with van der Waals surface area (Å²) < 4.78 is 11.1. The summed E-state index contributed by atoms with van der Waals surface area (Å²) in [6.07, 6.45) is 2.18. The molecule has 0 aliphatic carbocycles. The van der Waals surface area contributed by atoms with E-state index in [0.29, 0.717) is 17.1 Å². The van der Waals surface area contributed by atoms with Gasteiger partial charge in [0.25, 0.3) is 5.91 Å². The Morgan fingerprint density at radius 3 is 2.74 bits per heavy atom. The number of likely N-dealkylation sites (N-methyl/N-ethyl adjacent to an activating group) is 1. The van der Waals surface area contributed by atoms with Crippen LogP contribution in [-0.4, -0.2) is 50.2 Å². The maximum absolute atomic E-state index is 12.7. The van der Waals surface area contributed by atoms with Crippen LogP contribution < -0.4 is 14.8 Å². The number of hydrogen-bond acceptors (Lipinski definition) is 4. The molecule has 1 heterocycles. The normalized spacial score (nSPS) is 17.1. The number of ether oxygens (including phenoxy) is 2. The van der Waals surface area contributed by atoms with Crippen molar-refractivity contribution in [2.24, 2.45) is 0 Å². The molecule has 6 heteroatoms. The zero-order chi connectivity index (χ0) is 16.1. The molecule has 1 N–H and O–H groups in total. The molecule has 0 bridgehead atoms. The van der Waals surface area contributed by atoms with Crippen molar-refractivity contribution in [1.29, 1.82) is 0 Å². The van der Waals surface area contributed by atoms with Gasteiger partial charge in [-0.05, 0) is 51.9 Å². The second-order valence-electron chi connectivity index (χ2n) is 5.88. The minimum atomic E-state index is 0. The molecule has 1 saturated heterocycles. The molecule has 1 aromatic rings. The van der Waals surface area contributed by atoms with Crippen LogP contribution in [0.25, 0.3) is 0 Å². The smallest absolute Gasteiger partial charge is 0.254 e. The first-order valence-electron chi connectivity index (χ1n) is 7.87. The highest BCUT2D eigenvalue weighted by Gasteiger charge is 2.29. The molecular formula is C17H27ClN2O3. The molecule has 0 aromatic heterocycles. The highest BCUT2D eigenvalue weighted by molar-refractivity contribution is 5.95. The van der Waals surface area contributed by atoms with Gasteiger partial charge >= 0.3 is 0 Å². The summed E-state index contributed by atoms with van der Waals surface area (Å²) in [5.74, 6) is 1.33. The molecule has 1 fully saturated rings. The lowest BCUT2D eigenvalue weighted by atomic mass is 10.1. The van der Waals surface area contributed by atoms with Crippen LogP contribution in [0, 0.1) is 0 Å². The Bertz CT molecular complexity index is 523. The molecule has 1 aliphatic rings. The number of carbonyl (C=O) groups is 1. The third-order valence-corrected chi connectivity index (χ3v) is 3.85. The zero-order valence-electron chi connectivity index (χ0n) is 14.3. The van der Waals surface area contributed by atoms with E-state index in [1.807, 2.05) is 37.9 Å². The molecule has 1 amide bonds. The van der Waals surface area contributed by atoms with Crippen molar-refractivity contribution in [1.82, 2.24) is 10.2 Å². The molecule has 0 saturated carbocycles. The predicted molar refractivity (Wildman–Crippen MR) is 94.0 cm³/mol. The van der Waals surface area contributed by atoms with Crippen LogP contribution in [0.1, 0.15) is 37.0 Å². The van der Waals surface area contributed by atoms with Gasteiger partial charge in [0.05, 0.1) is 13.2 Å². The van der Waals surface area contributed by atoms with E-state index in [4.69, 9.17) is 9.47 Å². The van der Waals surface area contributed by atoms with Crippen LogP contribution in [0.5, 0.6) is 11.5 Å². The highest BCUT2D eigenvalue weighted by Crippen LogP contribution is 2.30. The van der Waals surface area contributed by atoms with Crippen molar-refractivity contribution in [2.75, 3.05) is 27.2 Å². The molecule has 0 radical (unpaired) electrons. The van der Waals surface area contributed by atoms with Gasteiger partial charge in [0.15, 0.2) is 11.5 Å². The van der Waals surface area contributed by atoms with Crippen LogP contribution in [0.3, 0.4) is 0 Å². The molecule has 2 rings (SSSR count). The molecule has 1 aromatic carbocycles. The van der Waals surface area contributed by atoms with E-state index in [9.17, 15) is 4.79 Å². The van der Waals surface area contributed by atoms with Crippen molar-refractivity contribution in [3.8, 4) is 11.5 Å². The van der Waals surface area contributed by atoms with Gasteiger partial charge in [0.1, 0.15) is 0 Å². The van der Waals surface area contributed by atoms with E-state index in [1.165, 1.54) is 0 Å². The third kappa shape index (κ3) is 4.75. The number of nitrogens with zero attached hydrogens (tertiary/aromatic N) is 1. The van der Waals surface area contributed by atoms with Crippen molar-refractivity contribution in [3.05, 3.63) is 23.8 Å². The first-order valence-corrected chi connectivity index (χ1v) is 7.87. The SMILES string of the molecule is CNCC1CCCN1C(=O)c1ccc(OC(C)C)c(OC)c1.Cl. The minimum absolute atomic E-state index is 0. The van der Waals surface area contributed by atoms with Crippen LogP contribution >= 0.6 is 12.4 Å². The number of rotatable bonds is 6. The van der Waals surface area contributed by atoms with Gasteiger partial charge in [0.2, 0.25) is 0 Å². The molecule has 5 nitrogen and oxygen atoms in total. The van der Waals surface area contributed by atoms with Crippen molar-refractivity contribution < 1.29 is 14.3 Å². The summed E-state index contributed by atoms with van der Waals surface area (Å²) >= 11 is 0. The number of hydrogen-bond donors (Lipinski definition) is 1. The average molecular weight is 343 g/mol. The van der Waals surface area contributed by atoms with Crippen LogP contribution in [0.2, 0.25) is 0 Å². The third-order valence-electron chi connectivity index (χ3n) is 3.85. The van der Waals surface area contributed by atoms with Gasteiger partial charge in [-0.2, -0.15) is 0 Å². The Morgan fingerprint density at radius 1 is 1.39 bits per heavy atom. The quantitative estimate of drug-likeness (QED) is 0.863. The number of carbonyl (C=O) groups excluding carboxylic acids is 1. The van der Waals surface area contributed by atoms with Crippen molar-refractivity contribution >= 4 is 18.3 Å². The maximum Gasteiger partial charge on any atom is 0.254 e. The van der Waals surface area contributed by atoms with Gasteiger partial charge in [-0.3, -0.25) is 4.79 Å². The summed E-state index contributed by atoms with van der Waals surface area (Å²) in [5.41, 5.74) is 0.649. The zero-order valence-corrected chi connectivity index (χ0v) is 15.1. The van der Waals surface area contributed by atoms with Gasteiger partial charge < -0.3 is 19.7 Å². The Labute approximate surface area is 144 Å². The van der Waals surface area contributed by atoms with Gasteiger partial charge in [-0.15, -0.1) is 12.4 Å². The predicted octanol–water partition coefficient (Wildman–Crippen LogP) is 2.73. The standard InChI is InChI=1S/C17H26N2O3.ClH/c1-12(2)22-15-8-7-13(10-16(15)21-4)17(20)19-9-5-6-14(19)11-18-3;/h7-8,10,12,14,18H,5-6,9,11H2,1-4H3;1H. The first kappa shape index (κ1) is 19.6. The topological polar surface area (TPSA) is 50.8 Å². The van der Waals surface area contributed by atoms with E-state index < -0.39 is 0 Å². The lowest BCUT2D eigenvalue weighted by Crippen LogP contribution is -2.40. The number of likely N-dealkylation sites (tertiary alicyclic amines) is 1. The maximum atomic E-state index is 12.7. The van der Waals surface area contributed by atoms with Crippen molar-refractivity contribution in [2.45, 2.75) is 38.8 Å². The Balaban J connectivity index is 0.00000264. The van der Waals surface area contributed by atoms with Crippen LogP contribution in [-0.2, 0) is 0 Å². The molecule has 1 unspecified atom stereocenters. The fraction of sp³-hybridized carbons (Fsp3) is 0.588. The number of methoxy groups -OCH3 is 1.